The Hall–Kier alpha value is -2.39. The second kappa shape index (κ2) is 9.18. The summed E-state index contributed by atoms with van der Waals surface area (Å²) >= 11 is 0. The molecule has 0 atom stereocenters. The first kappa shape index (κ1) is 22.3. The maximum Gasteiger partial charge on any atom is 0.410 e. The molecule has 1 aliphatic heterocycles. The van der Waals surface area contributed by atoms with Crippen LogP contribution in [0.15, 0.2) is 42.6 Å². The monoisotopic (exact) mass is 434 g/mol. The van der Waals surface area contributed by atoms with Gasteiger partial charge in [0.25, 0.3) is 0 Å². The lowest BCUT2D eigenvalue weighted by Gasteiger charge is -2.33. The highest BCUT2D eigenvalue weighted by molar-refractivity contribution is 7.90. The highest BCUT2D eigenvalue weighted by atomic mass is 32.2. The van der Waals surface area contributed by atoms with E-state index in [4.69, 9.17) is 4.74 Å². The smallest absolute Gasteiger partial charge is 0.410 e. The molecule has 0 bridgehead atoms. The largest absolute Gasteiger partial charge is 0.444 e. The lowest BCUT2D eigenvalue weighted by Crippen LogP contribution is -2.46. The van der Waals surface area contributed by atoms with E-state index in [-0.39, 0.29) is 6.54 Å². The summed E-state index contributed by atoms with van der Waals surface area (Å²) in [7, 11) is -3.49. The second-order valence-electron chi connectivity index (χ2n) is 8.52. The zero-order chi connectivity index (χ0) is 21.8. The molecule has 9 heteroatoms. The van der Waals surface area contributed by atoms with E-state index in [0.717, 1.165) is 5.56 Å². The number of carbonyl (C=O) groups is 1. The Morgan fingerprint density at radius 2 is 1.83 bits per heavy atom. The lowest BCUT2D eigenvalue weighted by atomic mass is 10.1. The number of amides is 1. The third kappa shape index (κ3) is 6.30. The zero-order valence-electron chi connectivity index (χ0n) is 17.7. The number of piperidine rings is 1. The van der Waals surface area contributed by atoms with Crippen LogP contribution in [0.25, 0.3) is 0 Å². The van der Waals surface area contributed by atoms with Crippen molar-refractivity contribution in [3.8, 4) is 0 Å². The minimum atomic E-state index is -3.49. The van der Waals surface area contributed by atoms with Crippen molar-refractivity contribution in [2.75, 3.05) is 13.1 Å². The number of nitrogens with zero attached hydrogens (tertiary/aromatic N) is 3. The van der Waals surface area contributed by atoms with Crippen molar-refractivity contribution >= 4 is 16.1 Å². The number of benzene rings is 1. The van der Waals surface area contributed by atoms with E-state index in [1.165, 1.54) is 0 Å². The van der Waals surface area contributed by atoms with Crippen LogP contribution in [0.3, 0.4) is 0 Å². The van der Waals surface area contributed by atoms with Crippen LogP contribution in [0, 0.1) is 0 Å². The van der Waals surface area contributed by atoms with Crippen molar-refractivity contribution in [2.45, 2.75) is 57.6 Å². The number of aromatic nitrogens is 2. The molecule has 8 nitrogen and oxygen atoms in total. The van der Waals surface area contributed by atoms with Crippen molar-refractivity contribution in [2.24, 2.45) is 0 Å². The van der Waals surface area contributed by atoms with Crippen LogP contribution in [0.4, 0.5) is 4.79 Å². The molecule has 2 aromatic rings. The summed E-state index contributed by atoms with van der Waals surface area (Å²) in [6.45, 7) is 6.96. The molecule has 1 aromatic heterocycles. The summed E-state index contributed by atoms with van der Waals surface area (Å²) in [6, 6.07) is 11.8. The number of ether oxygens (including phenoxy) is 1. The molecule has 30 heavy (non-hydrogen) atoms. The Morgan fingerprint density at radius 3 is 2.47 bits per heavy atom. The van der Waals surface area contributed by atoms with Gasteiger partial charge in [0.15, 0.2) is 0 Å². The van der Waals surface area contributed by atoms with Gasteiger partial charge in [-0.2, -0.15) is 5.10 Å². The van der Waals surface area contributed by atoms with Gasteiger partial charge in [-0.3, -0.25) is 4.68 Å². The van der Waals surface area contributed by atoms with Crippen molar-refractivity contribution < 1.29 is 17.9 Å². The number of carbonyl (C=O) groups excluding carboxylic acids is 1. The normalized spacial score (nSPS) is 15.9. The van der Waals surface area contributed by atoms with Crippen LogP contribution in [0.5, 0.6) is 0 Å². The molecule has 0 spiro atoms. The van der Waals surface area contributed by atoms with Crippen molar-refractivity contribution in [1.29, 1.82) is 0 Å². The van der Waals surface area contributed by atoms with E-state index in [9.17, 15) is 13.2 Å². The van der Waals surface area contributed by atoms with E-state index in [2.05, 4.69) is 9.82 Å². The Labute approximate surface area is 178 Å². The third-order valence-electron chi connectivity index (χ3n) is 4.87. The second-order valence-corrected chi connectivity index (χ2v) is 10.6. The van der Waals surface area contributed by atoms with Gasteiger partial charge in [-0.25, -0.2) is 17.9 Å². The van der Waals surface area contributed by atoms with Crippen LogP contribution in [0.2, 0.25) is 0 Å². The molecule has 3 rings (SSSR count). The van der Waals surface area contributed by atoms with E-state index >= 15 is 0 Å². The van der Waals surface area contributed by atoms with Crippen LogP contribution in [-0.4, -0.2) is 53.1 Å². The van der Waals surface area contributed by atoms with E-state index < -0.39 is 27.0 Å². The molecule has 1 saturated heterocycles. The average molecular weight is 435 g/mol. The van der Waals surface area contributed by atoms with Gasteiger partial charge in [0, 0.05) is 19.3 Å². The summed E-state index contributed by atoms with van der Waals surface area (Å²) in [6.07, 6.45) is 2.22. The van der Waals surface area contributed by atoms with Gasteiger partial charge in [-0.1, -0.05) is 30.3 Å². The minimum Gasteiger partial charge on any atom is -0.444 e. The number of hydrogen-bond acceptors (Lipinski definition) is 5. The Balaban J connectivity index is 1.49. The number of sulfonamides is 1. The van der Waals surface area contributed by atoms with Gasteiger partial charge >= 0.3 is 6.09 Å². The Bertz CT molecular complexity index is 943. The van der Waals surface area contributed by atoms with E-state index in [0.29, 0.717) is 38.2 Å². The molecule has 1 N–H and O–H groups in total. The van der Waals surface area contributed by atoms with Crippen LogP contribution < -0.4 is 4.72 Å². The molecule has 2 heterocycles. The molecular formula is C21H30N4O4S. The lowest BCUT2D eigenvalue weighted by molar-refractivity contribution is 0.0217. The maximum atomic E-state index is 12.7. The summed E-state index contributed by atoms with van der Waals surface area (Å²) in [5.41, 5.74) is 1.23. The van der Waals surface area contributed by atoms with Crippen molar-refractivity contribution in [1.82, 2.24) is 19.4 Å². The van der Waals surface area contributed by atoms with E-state index in [1.807, 2.05) is 63.4 Å². The average Bonchev–Trinajstić information content (AvgIpc) is 3.13. The van der Waals surface area contributed by atoms with Gasteiger partial charge in [-0.15, -0.1) is 0 Å². The van der Waals surface area contributed by atoms with Gasteiger partial charge < -0.3 is 9.64 Å². The first-order valence-corrected chi connectivity index (χ1v) is 11.7. The number of rotatable bonds is 6. The molecule has 1 aliphatic rings. The summed E-state index contributed by atoms with van der Waals surface area (Å²) in [5.74, 6) is 0. The zero-order valence-corrected chi connectivity index (χ0v) is 18.6. The molecule has 1 amide bonds. The highest BCUT2D eigenvalue weighted by Crippen LogP contribution is 2.20. The SMILES string of the molecule is CC(C)(C)OC(=O)N1CCC(S(=O)(=O)NCc2ccn(Cc3ccccc3)n2)CC1. The minimum absolute atomic E-state index is 0.149. The number of nitrogens with one attached hydrogen (secondary N) is 1. The first-order chi connectivity index (χ1) is 14.1. The van der Waals surface area contributed by atoms with Crippen LogP contribution in [0.1, 0.15) is 44.9 Å². The quantitative estimate of drug-likeness (QED) is 0.755. The van der Waals surface area contributed by atoms with Crippen LogP contribution in [-0.2, 0) is 27.8 Å². The molecule has 1 fully saturated rings. The fourth-order valence-electron chi connectivity index (χ4n) is 3.32. The summed E-state index contributed by atoms with van der Waals surface area (Å²) in [4.78, 5) is 13.7. The molecule has 1 aromatic carbocycles. The predicted molar refractivity (Wildman–Crippen MR) is 114 cm³/mol. The predicted octanol–water partition coefficient (Wildman–Crippen LogP) is 2.75. The van der Waals surface area contributed by atoms with Gasteiger partial charge in [0.05, 0.1) is 24.0 Å². The standard InChI is InChI=1S/C21H30N4O4S/c1-21(2,3)29-20(26)24-12-10-19(11-13-24)30(27,28)22-15-18-9-14-25(23-18)16-17-7-5-4-6-8-17/h4-9,14,19,22H,10-13,15-16H2,1-3H3. The summed E-state index contributed by atoms with van der Waals surface area (Å²) in [5, 5.41) is 3.92. The summed E-state index contributed by atoms with van der Waals surface area (Å²) < 4.78 is 35.2. The molecule has 164 valence electrons. The molecule has 0 aliphatic carbocycles. The van der Waals surface area contributed by atoms with Gasteiger partial charge in [0.1, 0.15) is 5.60 Å². The van der Waals surface area contributed by atoms with Crippen molar-refractivity contribution in [3.05, 3.63) is 53.9 Å². The highest BCUT2D eigenvalue weighted by Gasteiger charge is 2.33. The van der Waals surface area contributed by atoms with E-state index in [1.54, 1.807) is 9.58 Å². The topological polar surface area (TPSA) is 93.5 Å². The van der Waals surface area contributed by atoms with Crippen LogP contribution >= 0.6 is 0 Å². The molecule has 0 radical (unpaired) electrons. The number of likely N-dealkylation sites (tertiary alicyclic amines) is 1. The maximum absolute atomic E-state index is 12.7. The van der Waals surface area contributed by atoms with Gasteiger partial charge in [-0.05, 0) is 45.2 Å². The van der Waals surface area contributed by atoms with Crippen molar-refractivity contribution in [3.63, 3.8) is 0 Å². The number of hydrogen-bond donors (Lipinski definition) is 1. The molecule has 0 saturated carbocycles. The molecule has 0 unspecified atom stereocenters. The fourth-order valence-corrected chi connectivity index (χ4v) is 4.74. The molecular weight excluding hydrogens is 404 g/mol. The fraction of sp³-hybridized carbons (Fsp3) is 0.524. The third-order valence-corrected chi connectivity index (χ3v) is 6.77. The Morgan fingerprint density at radius 1 is 1.17 bits per heavy atom. The Kier molecular flexibility index (Phi) is 6.82. The first-order valence-electron chi connectivity index (χ1n) is 10.1. The van der Waals surface area contributed by atoms with Gasteiger partial charge in [0.2, 0.25) is 10.0 Å².